The lowest BCUT2D eigenvalue weighted by molar-refractivity contribution is -0.274. The molecule has 1 nitrogen and oxygen atoms in total. The van der Waals surface area contributed by atoms with Crippen LogP contribution < -0.4 is 4.74 Å². The summed E-state index contributed by atoms with van der Waals surface area (Å²) in [7, 11) is 0. The molecule has 0 unspecified atom stereocenters. The highest BCUT2D eigenvalue weighted by Crippen LogP contribution is 2.36. The van der Waals surface area contributed by atoms with Crippen LogP contribution in [0.3, 0.4) is 0 Å². The van der Waals surface area contributed by atoms with Gasteiger partial charge in [-0.25, -0.2) is 4.39 Å². The molecule has 2 aromatic carbocycles. The molecule has 8 heteroatoms. The third-order valence-corrected chi connectivity index (χ3v) is 2.70. The molecule has 0 spiro atoms. The van der Waals surface area contributed by atoms with Crippen molar-refractivity contribution in [1.29, 1.82) is 0 Å². The van der Waals surface area contributed by atoms with E-state index in [1.165, 1.54) is 0 Å². The smallest absolute Gasteiger partial charge is 0.406 e. The molecule has 0 fully saturated rings. The monoisotopic (exact) mass is 324 g/mol. The van der Waals surface area contributed by atoms with Crippen molar-refractivity contribution >= 4 is 0 Å². The van der Waals surface area contributed by atoms with E-state index in [-0.39, 0.29) is 11.1 Å². The van der Waals surface area contributed by atoms with Crippen LogP contribution in [-0.4, -0.2) is 6.36 Å². The van der Waals surface area contributed by atoms with Crippen molar-refractivity contribution in [1.82, 2.24) is 0 Å². The van der Waals surface area contributed by atoms with Gasteiger partial charge in [-0.3, -0.25) is 0 Å². The van der Waals surface area contributed by atoms with Crippen LogP contribution >= 0.6 is 0 Å². The first-order valence-electron chi connectivity index (χ1n) is 5.80. The van der Waals surface area contributed by atoms with Gasteiger partial charge in [0.05, 0.1) is 5.56 Å². The van der Waals surface area contributed by atoms with Crippen LogP contribution in [0.5, 0.6) is 5.75 Å². The maximum absolute atomic E-state index is 13.9. The summed E-state index contributed by atoms with van der Waals surface area (Å²) in [6, 6.07) is 6.57. The van der Waals surface area contributed by atoms with Crippen molar-refractivity contribution in [3.05, 3.63) is 53.8 Å². The molecule has 0 N–H and O–H groups in total. The predicted molar refractivity (Wildman–Crippen MR) is 63.5 cm³/mol. The quantitative estimate of drug-likeness (QED) is 0.671. The standard InChI is InChI=1S/C14H7F7O/c15-12-10(2-1-3-11(12)13(16,17)18)8-4-6-9(7-5-8)22-14(19,20)21/h1-7H. The summed E-state index contributed by atoms with van der Waals surface area (Å²) in [4.78, 5) is 0. The van der Waals surface area contributed by atoms with Gasteiger partial charge >= 0.3 is 12.5 Å². The Bertz CT molecular complexity index is 656. The minimum absolute atomic E-state index is 0.00174. The van der Waals surface area contributed by atoms with Crippen molar-refractivity contribution in [3.63, 3.8) is 0 Å². The average Bonchev–Trinajstić information content (AvgIpc) is 2.37. The van der Waals surface area contributed by atoms with E-state index in [1.807, 2.05) is 0 Å². The minimum atomic E-state index is -4.89. The molecule has 0 atom stereocenters. The minimum Gasteiger partial charge on any atom is -0.406 e. The van der Waals surface area contributed by atoms with Crippen LogP contribution in [0.15, 0.2) is 42.5 Å². The van der Waals surface area contributed by atoms with Gasteiger partial charge < -0.3 is 4.74 Å². The van der Waals surface area contributed by atoms with E-state index < -0.39 is 29.7 Å². The molecular formula is C14H7F7O. The molecule has 0 aliphatic rings. The number of benzene rings is 2. The van der Waals surface area contributed by atoms with Gasteiger partial charge in [0, 0.05) is 5.56 Å². The predicted octanol–water partition coefficient (Wildman–Crippen LogP) is 5.41. The zero-order valence-electron chi connectivity index (χ0n) is 10.6. The Hall–Kier alpha value is -2.25. The molecule has 118 valence electrons. The van der Waals surface area contributed by atoms with Crippen LogP contribution in [0.1, 0.15) is 5.56 Å². The number of rotatable bonds is 2. The van der Waals surface area contributed by atoms with Crippen LogP contribution in [0.4, 0.5) is 30.7 Å². The van der Waals surface area contributed by atoms with Gasteiger partial charge in [-0.15, -0.1) is 13.2 Å². The molecule has 2 rings (SSSR count). The van der Waals surface area contributed by atoms with Crippen LogP contribution in [-0.2, 0) is 6.18 Å². The van der Waals surface area contributed by atoms with Crippen molar-refractivity contribution < 1.29 is 35.5 Å². The summed E-state index contributed by atoms with van der Waals surface area (Å²) in [5, 5.41) is 0. The van der Waals surface area contributed by atoms with Gasteiger partial charge in [0.25, 0.3) is 0 Å². The van der Waals surface area contributed by atoms with E-state index in [4.69, 9.17) is 0 Å². The Labute approximate surface area is 119 Å². The zero-order chi connectivity index (χ0) is 16.5. The zero-order valence-corrected chi connectivity index (χ0v) is 10.6. The molecule has 22 heavy (non-hydrogen) atoms. The highest BCUT2D eigenvalue weighted by atomic mass is 19.4. The van der Waals surface area contributed by atoms with Crippen LogP contribution in [0.2, 0.25) is 0 Å². The summed E-state index contributed by atoms with van der Waals surface area (Å²) in [5.74, 6) is -2.04. The normalized spacial score (nSPS) is 12.3. The second kappa shape index (κ2) is 5.51. The SMILES string of the molecule is Fc1c(-c2ccc(OC(F)(F)F)cc2)cccc1C(F)(F)F. The van der Waals surface area contributed by atoms with Crippen molar-refractivity contribution in [2.24, 2.45) is 0 Å². The summed E-state index contributed by atoms with van der Waals surface area (Å²) < 4.78 is 91.4. The maximum Gasteiger partial charge on any atom is 0.573 e. The van der Waals surface area contributed by atoms with E-state index in [9.17, 15) is 30.7 Å². The molecule has 0 radical (unpaired) electrons. The molecule has 0 saturated heterocycles. The lowest BCUT2D eigenvalue weighted by Gasteiger charge is -2.12. The third kappa shape index (κ3) is 3.69. The molecule has 0 heterocycles. The van der Waals surface area contributed by atoms with E-state index in [2.05, 4.69) is 4.74 Å². The number of hydrogen-bond donors (Lipinski definition) is 0. The Kier molecular flexibility index (Phi) is 4.04. The van der Waals surface area contributed by atoms with Gasteiger partial charge in [-0.05, 0) is 23.8 Å². The van der Waals surface area contributed by atoms with Crippen molar-refractivity contribution in [2.75, 3.05) is 0 Å². The topological polar surface area (TPSA) is 9.23 Å². The van der Waals surface area contributed by atoms with Crippen LogP contribution in [0, 0.1) is 5.82 Å². The Morgan fingerprint density at radius 1 is 0.773 bits per heavy atom. The number of alkyl halides is 6. The number of hydrogen-bond acceptors (Lipinski definition) is 1. The Balaban J connectivity index is 2.37. The third-order valence-electron chi connectivity index (χ3n) is 2.70. The fraction of sp³-hybridized carbons (Fsp3) is 0.143. The van der Waals surface area contributed by atoms with Gasteiger partial charge in [-0.2, -0.15) is 13.2 Å². The van der Waals surface area contributed by atoms with E-state index in [0.29, 0.717) is 6.07 Å². The molecule has 0 amide bonds. The largest absolute Gasteiger partial charge is 0.573 e. The maximum atomic E-state index is 13.9. The van der Waals surface area contributed by atoms with Gasteiger partial charge in [0.2, 0.25) is 0 Å². The molecule has 0 aliphatic heterocycles. The lowest BCUT2D eigenvalue weighted by Crippen LogP contribution is -2.16. The van der Waals surface area contributed by atoms with E-state index in [1.54, 1.807) is 0 Å². The summed E-state index contributed by atoms with van der Waals surface area (Å²) in [5.41, 5.74) is -1.81. The highest BCUT2D eigenvalue weighted by Gasteiger charge is 2.35. The summed E-state index contributed by atoms with van der Waals surface area (Å²) in [6.07, 6.45) is -9.75. The summed E-state index contributed by atoms with van der Waals surface area (Å²) in [6.45, 7) is 0. The van der Waals surface area contributed by atoms with E-state index >= 15 is 0 Å². The van der Waals surface area contributed by atoms with Gasteiger partial charge in [0.1, 0.15) is 11.6 Å². The highest BCUT2D eigenvalue weighted by molar-refractivity contribution is 5.66. The second-order valence-electron chi connectivity index (χ2n) is 4.24. The first-order chi connectivity index (χ1) is 10.1. The molecule has 0 bridgehead atoms. The van der Waals surface area contributed by atoms with Crippen molar-refractivity contribution in [2.45, 2.75) is 12.5 Å². The summed E-state index contributed by atoms with van der Waals surface area (Å²) >= 11 is 0. The first kappa shape index (κ1) is 16.1. The molecule has 0 saturated carbocycles. The van der Waals surface area contributed by atoms with Gasteiger partial charge in [0.15, 0.2) is 0 Å². The van der Waals surface area contributed by atoms with Gasteiger partial charge in [-0.1, -0.05) is 24.3 Å². The molecular weight excluding hydrogens is 317 g/mol. The molecule has 0 aliphatic carbocycles. The lowest BCUT2D eigenvalue weighted by atomic mass is 10.0. The Morgan fingerprint density at radius 2 is 1.36 bits per heavy atom. The number of ether oxygens (including phenoxy) is 1. The Morgan fingerprint density at radius 3 is 1.86 bits per heavy atom. The molecule has 0 aromatic heterocycles. The van der Waals surface area contributed by atoms with Crippen molar-refractivity contribution in [3.8, 4) is 16.9 Å². The fourth-order valence-electron chi connectivity index (χ4n) is 1.81. The molecule has 2 aromatic rings. The number of halogens is 7. The van der Waals surface area contributed by atoms with E-state index in [0.717, 1.165) is 36.4 Å². The van der Waals surface area contributed by atoms with Crippen LogP contribution in [0.25, 0.3) is 11.1 Å². The fourth-order valence-corrected chi connectivity index (χ4v) is 1.81. The second-order valence-corrected chi connectivity index (χ2v) is 4.24. The first-order valence-corrected chi connectivity index (χ1v) is 5.80. The average molecular weight is 324 g/mol.